The first-order valence-electron chi connectivity index (χ1n) is 5.89. The molecule has 104 valence electrons. The number of anilines is 1. The molecule has 4 N–H and O–H groups in total. The summed E-state index contributed by atoms with van der Waals surface area (Å²) in [6.07, 6.45) is 0. The lowest BCUT2D eigenvalue weighted by molar-refractivity contribution is 0.1000. The molecule has 20 heavy (non-hydrogen) atoms. The van der Waals surface area contributed by atoms with Crippen LogP contribution in [0, 0.1) is 13.8 Å². The highest BCUT2D eigenvalue weighted by Gasteiger charge is 2.11. The van der Waals surface area contributed by atoms with Crippen molar-refractivity contribution >= 4 is 23.2 Å². The van der Waals surface area contributed by atoms with Crippen LogP contribution in [0.25, 0.3) is 0 Å². The Balaban J connectivity index is 2.41. The first kappa shape index (κ1) is 14.1. The number of benzene rings is 1. The second kappa shape index (κ2) is 5.38. The number of hydrogen-bond acceptors (Lipinski definition) is 4. The predicted octanol–water partition coefficient (Wildman–Crippen LogP) is 2.83. The number of rotatable bonds is 3. The monoisotopic (exact) mass is 291 g/mol. The van der Waals surface area contributed by atoms with E-state index in [0.29, 0.717) is 22.9 Å². The van der Waals surface area contributed by atoms with E-state index < -0.39 is 5.91 Å². The Bertz CT molecular complexity index is 643. The van der Waals surface area contributed by atoms with Crippen molar-refractivity contribution in [2.75, 3.05) is 5.73 Å². The van der Waals surface area contributed by atoms with E-state index in [4.69, 9.17) is 27.8 Å². The summed E-state index contributed by atoms with van der Waals surface area (Å²) in [6.45, 7) is 3.64. The molecule has 0 bridgehead atoms. The number of amides is 1. The second-order valence-corrected chi connectivity index (χ2v) is 4.85. The summed E-state index contributed by atoms with van der Waals surface area (Å²) in [4.78, 5) is 15.2. The summed E-state index contributed by atoms with van der Waals surface area (Å²) in [5, 5.41) is 0.254. The van der Waals surface area contributed by atoms with E-state index in [9.17, 15) is 4.79 Å². The number of pyridine rings is 1. The van der Waals surface area contributed by atoms with Gasteiger partial charge in [0.05, 0.1) is 0 Å². The molecule has 0 aliphatic heterocycles. The van der Waals surface area contributed by atoms with Crippen molar-refractivity contribution in [3.8, 4) is 11.6 Å². The van der Waals surface area contributed by atoms with Gasteiger partial charge in [0.2, 0.25) is 11.8 Å². The maximum Gasteiger partial charge on any atom is 0.248 e. The van der Waals surface area contributed by atoms with Gasteiger partial charge in [-0.15, -0.1) is 0 Å². The minimum atomic E-state index is -0.479. The van der Waals surface area contributed by atoms with E-state index in [1.165, 1.54) is 6.07 Å². The number of hydrogen-bond donors (Lipinski definition) is 2. The van der Waals surface area contributed by atoms with Crippen molar-refractivity contribution in [3.05, 3.63) is 46.1 Å². The van der Waals surface area contributed by atoms with Crippen LogP contribution < -0.4 is 16.2 Å². The fraction of sp³-hybridized carbons (Fsp3) is 0.143. The van der Waals surface area contributed by atoms with Crippen LogP contribution in [-0.4, -0.2) is 10.9 Å². The Morgan fingerprint density at radius 2 is 1.80 bits per heavy atom. The summed E-state index contributed by atoms with van der Waals surface area (Å²) in [7, 11) is 0. The Morgan fingerprint density at radius 3 is 2.30 bits per heavy atom. The smallest absolute Gasteiger partial charge is 0.248 e. The lowest BCUT2D eigenvalue weighted by Gasteiger charge is -2.12. The van der Waals surface area contributed by atoms with Crippen molar-refractivity contribution in [1.82, 2.24) is 4.98 Å². The third-order valence-corrected chi connectivity index (χ3v) is 2.94. The van der Waals surface area contributed by atoms with Gasteiger partial charge >= 0.3 is 0 Å². The number of ether oxygens (including phenoxy) is 1. The number of aryl methyl sites for hydroxylation is 2. The molecule has 5 nitrogen and oxygen atoms in total. The zero-order valence-corrected chi connectivity index (χ0v) is 11.9. The van der Waals surface area contributed by atoms with E-state index >= 15 is 0 Å². The summed E-state index contributed by atoms with van der Waals surface area (Å²) in [5.41, 5.74) is 13.4. The van der Waals surface area contributed by atoms with Gasteiger partial charge in [-0.2, -0.15) is 0 Å². The van der Waals surface area contributed by atoms with E-state index in [1.54, 1.807) is 18.2 Å². The highest BCUT2D eigenvalue weighted by molar-refractivity contribution is 6.29. The van der Waals surface area contributed by atoms with E-state index in [2.05, 4.69) is 4.98 Å². The average Bonchev–Trinajstić information content (AvgIpc) is 2.32. The van der Waals surface area contributed by atoms with Gasteiger partial charge in [-0.3, -0.25) is 4.79 Å². The number of carbonyl (C=O) groups is 1. The lowest BCUT2D eigenvalue weighted by Crippen LogP contribution is -2.11. The molecule has 1 heterocycles. The SMILES string of the molecule is Cc1cc(C(N)=O)cc(C)c1Oc1cc(N)cc(Cl)n1. The molecule has 0 atom stereocenters. The van der Waals surface area contributed by atoms with Gasteiger partial charge in [-0.05, 0) is 43.2 Å². The molecule has 0 spiro atoms. The first-order valence-corrected chi connectivity index (χ1v) is 6.26. The maximum absolute atomic E-state index is 11.2. The topological polar surface area (TPSA) is 91.2 Å². The van der Waals surface area contributed by atoms with Crippen molar-refractivity contribution < 1.29 is 9.53 Å². The third kappa shape index (κ3) is 3.00. The highest BCUT2D eigenvalue weighted by Crippen LogP contribution is 2.30. The van der Waals surface area contributed by atoms with Crippen LogP contribution in [0.3, 0.4) is 0 Å². The minimum Gasteiger partial charge on any atom is -0.438 e. The number of nitrogens with zero attached hydrogens (tertiary/aromatic N) is 1. The Morgan fingerprint density at radius 1 is 1.20 bits per heavy atom. The van der Waals surface area contributed by atoms with Crippen LogP contribution in [0.5, 0.6) is 11.6 Å². The van der Waals surface area contributed by atoms with Gasteiger partial charge in [-0.1, -0.05) is 11.6 Å². The summed E-state index contributed by atoms with van der Waals surface area (Å²) >= 11 is 5.83. The van der Waals surface area contributed by atoms with E-state index in [-0.39, 0.29) is 5.15 Å². The largest absolute Gasteiger partial charge is 0.438 e. The quantitative estimate of drug-likeness (QED) is 0.851. The number of carbonyl (C=O) groups excluding carboxylic acids is 1. The van der Waals surface area contributed by atoms with Crippen molar-refractivity contribution in [2.24, 2.45) is 5.73 Å². The molecule has 6 heteroatoms. The minimum absolute atomic E-state index is 0.254. The molecule has 2 rings (SSSR count). The molecule has 0 fully saturated rings. The van der Waals surface area contributed by atoms with Crippen molar-refractivity contribution in [3.63, 3.8) is 0 Å². The summed E-state index contributed by atoms with van der Waals surface area (Å²) in [6, 6.07) is 6.44. The normalized spacial score (nSPS) is 10.3. The molecule has 0 aliphatic rings. The number of primary amides is 1. The molecular weight excluding hydrogens is 278 g/mol. The number of aromatic nitrogens is 1. The molecule has 1 aromatic heterocycles. The van der Waals surface area contributed by atoms with E-state index in [1.807, 2.05) is 13.8 Å². The standard InChI is InChI=1S/C14H14ClN3O2/c1-7-3-9(14(17)19)4-8(2)13(7)20-12-6-10(16)5-11(15)18-12/h3-6H,1-2H3,(H2,16,18)(H2,17,19). The van der Waals surface area contributed by atoms with Gasteiger partial charge in [0.1, 0.15) is 10.9 Å². The van der Waals surface area contributed by atoms with Gasteiger partial charge in [0, 0.05) is 17.3 Å². The van der Waals surface area contributed by atoms with Crippen LogP contribution in [0.2, 0.25) is 5.15 Å². The predicted molar refractivity (Wildman–Crippen MR) is 78.2 cm³/mol. The van der Waals surface area contributed by atoms with Crippen molar-refractivity contribution in [2.45, 2.75) is 13.8 Å². The van der Waals surface area contributed by atoms with Crippen LogP contribution in [-0.2, 0) is 0 Å². The van der Waals surface area contributed by atoms with E-state index in [0.717, 1.165) is 11.1 Å². The van der Waals surface area contributed by atoms with Gasteiger partial charge in [-0.25, -0.2) is 4.98 Å². The Kier molecular flexibility index (Phi) is 3.81. The molecule has 0 saturated carbocycles. The maximum atomic E-state index is 11.2. The molecule has 1 amide bonds. The third-order valence-electron chi connectivity index (χ3n) is 2.74. The van der Waals surface area contributed by atoms with Gasteiger partial charge < -0.3 is 16.2 Å². The summed E-state index contributed by atoms with van der Waals surface area (Å²) < 4.78 is 5.71. The molecule has 0 aliphatic carbocycles. The zero-order valence-electron chi connectivity index (χ0n) is 11.1. The lowest BCUT2D eigenvalue weighted by atomic mass is 10.1. The second-order valence-electron chi connectivity index (χ2n) is 4.47. The average molecular weight is 292 g/mol. The number of halogens is 1. The van der Waals surface area contributed by atoms with Crippen LogP contribution >= 0.6 is 11.6 Å². The first-order chi connectivity index (χ1) is 9.36. The molecule has 0 unspecified atom stereocenters. The Labute approximate surface area is 121 Å². The van der Waals surface area contributed by atoms with Crippen LogP contribution in [0.15, 0.2) is 24.3 Å². The molecule has 2 aromatic rings. The van der Waals surface area contributed by atoms with Crippen molar-refractivity contribution in [1.29, 1.82) is 0 Å². The summed E-state index contributed by atoms with van der Waals surface area (Å²) in [5.74, 6) is 0.421. The molecular formula is C14H14ClN3O2. The highest BCUT2D eigenvalue weighted by atomic mass is 35.5. The fourth-order valence-corrected chi connectivity index (χ4v) is 2.11. The van der Waals surface area contributed by atoms with Crippen LogP contribution in [0.4, 0.5) is 5.69 Å². The Hall–Kier alpha value is -2.27. The van der Waals surface area contributed by atoms with Gasteiger partial charge in [0.25, 0.3) is 0 Å². The number of nitrogens with two attached hydrogens (primary N) is 2. The molecule has 0 saturated heterocycles. The zero-order chi connectivity index (χ0) is 14.9. The molecule has 1 aromatic carbocycles. The van der Waals surface area contributed by atoms with Gasteiger partial charge in [0.15, 0.2) is 0 Å². The molecule has 0 radical (unpaired) electrons. The van der Waals surface area contributed by atoms with Crippen LogP contribution in [0.1, 0.15) is 21.5 Å². The fourth-order valence-electron chi connectivity index (χ4n) is 1.90. The number of nitrogen functional groups attached to an aromatic ring is 1.